The van der Waals surface area contributed by atoms with Crippen LogP contribution in [0.4, 0.5) is 0 Å². The van der Waals surface area contributed by atoms with Gasteiger partial charge in [0.2, 0.25) is 0 Å². The van der Waals surface area contributed by atoms with Crippen LogP contribution in [0.15, 0.2) is 0 Å². The van der Waals surface area contributed by atoms with E-state index in [1.807, 2.05) is 20.8 Å². The molecule has 1 aliphatic rings. The monoisotopic (exact) mass is 183 g/mol. The highest BCUT2D eigenvalue weighted by Gasteiger charge is 2.37. The van der Waals surface area contributed by atoms with Crippen molar-refractivity contribution in [2.75, 3.05) is 19.6 Å². The fourth-order valence-corrected chi connectivity index (χ4v) is 1.85. The predicted molar refractivity (Wildman–Crippen MR) is 54.7 cm³/mol. The summed E-state index contributed by atoms with van der Waals surface area (Å²) in [6.07, 6.45) is 1.19. The van der Waals surface area contributed by atoms with Crippen LogP contribution in [0.2, 0.25) is 0 Å². The zero-order valence-corrected chi connectivity index (χ0v) is 9.26. The van der Waals surface area contributed by atoms with Crippen molar-refractivity contribution in [2.45, 2.75) is 34.1 Å². The molecule has 0 aromatic rings. The molecule has 2 heteroatoms. The Labute approximate surface area is 81.3 Å². The van der Waals surface area contributed by atoms with Gasteiger partial charge in [0.1, 0.15) is 5.78 Å². The summed E-state index contributed by atoms with van der Waals surface area (Å²) in [5, 5.41) is 0. The van der Waals surface area contributed by atoms with Crippen molar-refractivity contribution in [1.29, 1.82) is 0 Å². The van der Waals surface area contributed by atoms with Crippen LogP contribution in [0.25, 0.3) is 0 Å². The molecule has 0 atom stereocenters. The van der Waals surface area contributed by atoms with Gasteiger partial charge in [0.15, 0.2) is 0 Å². The van der Waals surface area contributed by atoms with Crippen LogP contribution in [0, 0.1) is 11.3 Å². The maximum Gasteiger partial charge on any atom is 0.143 e. The Balaban J connectivity index is 2.31. The van der Waals surface area contributed by atoms with Gasteiger partial charge in [-0.1, -0.05) is 27.7 Å². The fourth-order valence-electron chi connectivity index (χ4n) is 1.85. The molecule has 1 heterocycles. The first-order valence-electron chi connectivity index (χ1n) is 5.22. The predicted octanol–water partition coefficient (Wildman–Crippen LogP) is 1.94. The molecule has 13 heavy (non-hydrogen) atoms. The molecule has 0 aromatic carbocycles. The van der Waals surface area contributed by atoms with E-state index in [4.69, 9.17) is 0 Å². The minimum Gasteiger partial charge on any atom is -0.302 e. The summed E-state index contributed by atoms with van der Waals surface area (Å²) in [7, 11) is 0. The second-order valence-electron chi connectivity index (χ2n) is 5.07. The number of hydrogen-bond acceptors (Lipinski definition) is 2. The second kappa shape index (κ2) is 3.79. The van der Waals surface area contributed by atoms with Gasteiger partial charge in [-0.2, -0.15) is 0 Å². The Morgan fingerprint density at radius 2 is 1.92 bits per heavy atom. The molecule has 0 N–H and O–H groups in total. The van der Waals surface area contributed by atoms with E-state index >= 15 is 0 Å². The molecule has 0 aliphatic carbocycles. The molecule has 1 saturated heterocycles. The molecule has 0 amide bonds. The van der Waals surface area contributed by atoms with Gasteiger partial charge in [-0.3, -0.25) is 4.79 Å². The fraction of sp³-hybridized carbons (Fsp3) is 0.909. The largest absolute Gasteiger partial charge is 0.302 e. The van der Waals surface area contributed by atoms with E-state index in [2.05, 4.69) is 11.8 Å². The Morgan fingerprint density at radius 1 is 1.38 bits per heavy atom. The van der Waals surface area contributed by atoms with Gasteiger partial charge in [-0.25, -0.2) is 0 Å². The van der Waals surface area contributed by atoms with E-state index in [0.29, 0.717) is 11.7 Å². The lowest BCUT2D eigenvalue weighted by Gasteiger charge is -2.40. The number of carbonyl (C=O) groups excluding carboxylic acids is 1. The number of carbonyl (C=O) groups is 1. The lowest BCUT2D eigenvalue weighted by molar-refractivity contribution is -0.135. The van der Waals surface area contributed by atoms with Crippen LogP contribution < -0.4 is 0 Å². The number of rotatable bonds is 3. The van der Waals surface area contributed by atoms with Crippen LogP contribution in [-0.2, 0) is 4.79 Å². The van der Waals surface area contributed by atoms with Gasteiger partial charge >= 0.3 is 0 Å². The van der Waals surface area contributed by atoms with Crippen molar-refractivity contribution in [1.82, 2.24) is 4.90 Å². The number of likely N-dealkylation sites (tertiary alicyclic amines) is 1. The Bertz CT molecular complexity index is 187. The summed E-state index contributed by atoms with van der Waals surface area (Å²) in [6, 6.07) is 0. The standard InChI is InChI=1S/C11H21NO/c1-5-6-12-7-9(8-12)10(13)11(2,3)4/h9H,5-8H2,1-4H3. The summed E-state index contributed by atoms with van der Waals surface area (Å²) in [5.41, 5.74) is -0.150. The van der Waals surface area contributed by atoms with Gasteiger partial charge in [0, 0.05) is 24.4 Å². The van der Waals surface area contributed by atoms with Crippen LogP contribution in [0.5, 0.6) is 0 Å². The minimum absolute atomic E-state index is 0.150. The van der Waals surface area contributed by atoms with Crippen molar-refractivity contribution in [3.05, 3.63) is 0 Å². The van der Waals surface area contributed by atoms with E-state index in [9.17, 15) is 4.79 Å². The molecule has 0 bridgehead atoms. The van der Waals surface area contributed by atoms with Crippen molar-refractivity contribution >= 4 is 5.78 Å². The van der Waals surface area contributed by atoms with Crippen molar-refractivity contribution in [3.8, 4) is 0 Å². The first kappa shape index (κ1) is 10.7. The highest BCUT2D eigenvalue weighted by Crippen LogP contribution is 2.26. The average Bonchev–Trinajstić information content (AvgIpc) is 1.92. The Kier molecular flexibility index (Phi) is 3.12. The lowest BCUT2D eigenvalue weighted by atomic mass is 9.79. The zero-order chi connectivity index (χ0) is 10.1. The maximum absolute atomic E-state index is 11.8. The summed E-state index contributed by atoms with van der Waals surface area (Å²) >= 11 is 0. The number of hydrogen-bond donors (Lipinski definition) is 0. The SMILES string of the molecule is CCCN1CC(C(=O)C(C)(C)C)C1. The molecule has 0 unspecified atom stereocenters. The smallest absolute Gasteiger partial charge is 0.143 e. The van der Waals surface area contributed by atoms with Crippen LogP contribution in [0.1, 0.15) is 34.1 Å². The van der Waals surface area contributed by atoms with E-state index in [-0.39, 0.29) is 5.41 Å². The van der Waals surface area contributed by atoms with Gasteiger partial charge < -0.3 is 4.90 Å². The quantitative estimate of drug-likeness (QED) is 0.666. The number of nitrogens with zero attached hydrogens (tertiary/aromatic N) is 1. The molecule has 1 fully saturated rings. The van der Waals surface area contributed by atoms with Gasteiger partial charge in [-0.05, 0) is 13.0 Å². The average molecular weight is 183 g/mol. The van der Waals surface area contributed by atoms with Crippen molar-refractivity contribution < 1.29 is 4.79 Å². The summed E-state index contributed by atoms with van der Waals surface area (Å²) < 4.78 is 0. The maximum atomic E-state index is 11.8. The third-order valence-corrected chi connectivity index (χ3v) is 2.61. The number of ketones is 1. The van der Waals surface area contributed by atoms with E-state index in [1.54, 1.807) is 0 Å². The molecular weight excluding hydrogens is 162 g/mol. The molecular formula is C11H21NO. The first-order valence-corrected chi connectivity index (χ1v) is 5.22. The normalized spacial score (nSPS) is 20.0. The molecule has 2 nitrogen and oxygen atoms in total. The van der Waals surface area contributed by atoms with Gasteiger partial charge in [-0.15, -0.1) is 0 Å². The Hall–Kier alpha value is -0.370. The third-order valence-electron chi connectivity index (χ3n) is 2.61. The topological polar surface area (TPSA) is 20.3 Å². The molecule has 0 radical (unpaired) electrons. The van der Waals surface area contributed by atoms with Crippen LogP contribution in [-0.4, -0.2) is 30.3 Å². The molecule has 0 spiro atoms. The zero-order valence-electron chi connectivity index (χ0n) is 9.26. The molecule has 76 valence electrons. The third kappa shape index (κ3) is 2.53. The van der Waals surface area contributed by atoms with Crippen molar-refractivity contribution in [3.63, 3.8) is 0 Å². The second-order valence-corrected chi connectivity index (χ2v) is 5.07. The van der Waals surface area contributed by atoms with E-state index in [1.165, 1.54) is 6.42 Å². The van der Waals surface area contributed by atoms with E-state index in [0.717, 1.165) is 19.6 Å². The van der Waals surface area contributed by atoms with Crippen molar-refractivity contribution in [2.24, 2.45) is 11.3 Å². The molecule has 0 aromatic heterocycles. The summed E-state index contributed by atoms with van der Waals surface area (Å²) in [6.45, 7) is 11.3. The van der Waals surface area contributed by atoms with Crippen LogP contribution in [0.3, 0.4) is 0 Å². The number of Topliss-reactive ketones (excluding diaryl/α,β-unsaturated/α-hetero) is 1. The van der Waals surface area contributed by atoms with Crippen LogP contribution >= 0.6 is 0 Å². The summed E-state index contributed by atoms with van der Waals surface area (Å²) in [4.78, 5) is 14.1. The van der Waals surface area contributed by atoms with E-state index < -0.39 is 0 Å². The lowest BCUT2D eigenvalue weighted by Crippen LogP contribution is -2.52. The highest BCUT2D eigenvalue weighted by molar-refractivity contribution is 5.87. The van der Waals surface area contributed by atoms with Gasteiger partial charge in [0.05, 0.1) is 0 Å². The minimum atomic E-state index is -0.150. The molecule has 1 rings (SSSR count). The first-order chi connectivity index (χ1) is 5.95. The summed E-state index contributed by atoms with van der Waals surface area (Å²) in [5.74, 6) is 0.742. The molecule has 0 saturated carbocycles. The highest BCUT2D eigenvalue weighted by atomic mass is 16.1. The Morgan fingerprint density at radius 3 is 2.31 bits per heavy atom. The van der Waals surface area contributed by atoms with Gasteiger partial charge in [0.25, 0.3) is 0 Å². The molecule has 1 aliphatic heterocycles.